The van der Waals surface area contributed by atoms with Gasteiger partial charge in [0, 0.05) is 12.5 Å². The SMILES string of the molecule is CCCC(C)NC(=O)C(C)(Cc1nc2ccccc2s1)c1ccccc1. The summed E-state index contributed by atoms with van der Waals surface area (Å²) in [4.78, 5) is 18.0. The van der Waals surface area contributed by atoms with Crippen molar-refractivity contribution >= 4 is 27.5 Å². The van der Waals surface area contributed by atoms with Gasteiger partial charge in [0.1, 0.15) is 0 Å². The molecule has 1 amide bonds. The van der Waals surface area contributed by atoms with Gasteiger partial charge in [-0.15, -0.1) is 11.3 Å². The molecule has 1 heterocycles. The van der Waals surface area contributed by atoms with E-state index in [0.29, 0.717) is 6.42 Å². The first-order valence-electron chi connectivity index (χ1n) is 9.24. The lowest BCUT2D eigenvalue weighted by atomic mass is 9.78. The van der Waals surface area contributed by atoms with Crippen molar-refractivity contribution in [3.05, 3.63) is 65.2 Å². The molecular weight excluding hydrogens is 340 g/mol. The molecule has 0 aliphatic rings. The maximum absolute atomic E-state index is 13.2. The Hall–Kier alpha value is -2.20. The van der Waals surface area contributed by atoms with Crippen molar-refractivity contribution in [2.45, 2.75) is 51.5 Å². The minimum Gasteiger partial charge on any atom is -0.353 e. The molecule has 0 spiro atoms. The third-order valence-corrected chi connectivity index (χ3v) is 5.89. The molecule has 1 N–H and O–H groups in total. The summed E-state index contributed by atoms with van der Waals surface area (Å²) in [6.07, 6.45) is 2.64. The molecule has 0 aliphatic carbocycles. The highest BCUT2D eigenvalue weighted by atomic mass is 32.1. The highest BCUT2D eigenvalue weighted by Crippen LogP contribution is 2.32. The van der Waals surface area contributed by atoms with Crippen molar-refractivity contribution < 1.29 is 4.79 Å². The van der Waals surface area contributed by atoms with E-state index >= 15 is 0 Å². The molecule has 0 radical (unpaired) electrons. The van der Waals surface area contributed by atoms with Gasteiger partial charge in [-0.05, 0) is 38.0 Å². The van der Waals surface area contributed by atoms with E-state index < -0.39 is 5.41 Å². The Kier molecular flexibility index (Phi) is 5.72. The van der Waals surface area contributed by atoms with Crippen LogP contribution in [0.2, 0.25) is 0 Å². The van der Waals surface area contributed by atoms with Crippen molar-refractivity contribution in [1.82, 2.24) is 10.3 Å². The first-order valence-corrected chi connectivity index (χ1v) is 10.1. The zero-order chi connectivity index (χ0) is 18.6. The van der Waals surface area contributed by atoms with Crippen molar-refractivity contribution in [3.63, 3.8) is 0 Å². The molecular formula is C22H26N2OS. The van der Waals surface area contributed by atoms with Crippen LogP contribution in [0, 0.1) is 0 Å². The van der Waals surface area contributed by atoms with Gasteiger partial charge in [0.15, 0.2) is 0 Å². The van der Waals surface area contributed by atoms with E-state index in [4.69, 9.17) is 4.98 Å². The lowest BCUT2D eigenvalue weighted by molar-refractivity contribution is -0.126. The van der Waals surface area contributed by atoms with Gasteiger partial charge in [-0.2, -0.15) is 0 Å². The Morgan fingerprint density at radius 2 is 1.85 bits per heavy atom. The van der Waals surface area contributed by atoms with Crippen molar-refractivity contribution in [2.75, 3.05) is 0 Å². The van der Waals surface area contributed by atoms with Crippen LogP contribution in [0.3, 0.4) is 0 Å². The van der Waals surface area contributed by atoms with E-state index in [-0.39, 0.29) is 11.9 Å². The second-order valence-corrected chi connectivity index (χ2v) is 8.23. The van der Waals surface area contributed by atoms with Crippen LogP contribution in [0.1, 0.15) is 44.2 Å². The van der Waals surface area contributed by atoms with Gasteiger partial charge < -0.3 is 5.32 Å². The number of thiazole rings is 1. The number of aromatic nitrogens is 1. The number of carbonyl (C=O) groups excluding carboxylic acids is 1. The Balaban J connectivity index is 1.93. The summed E-state index contributed by atoms with van der Waals surface area (Å²) < 4.78 is 1.16. The monoisotopic (exact) mass is 366 g/mol. The largest absolute Gasteiger partial charge is 0.353 e. The van der Waals surface area contributed by atoms with Gasteiger partial charge in [0.2, 0.25) is 5.91 Å². The minimum absolute atomic E-state index is 0.0731. The van der Waals surface area contributed by atoms with Gasteiger partial charge in [0.25, 0.3) is 0 Å². The van der Waals surface area contributed by atoms with Gasteiger partial charge >= 0.3 is 0 Å². The van der Waals surface area contributed by atoms with Crippen molar-refractivity contribution in [3.8, 4) is 0 Å². The fraction of sp³-hybridized carbons (Fsp3) is 0.364. The summed E-state index contributed by atoms with van der Waals surface area (Å²) in [5.41, 5.74) is 1.39. The van der Waals surface area contributed by atoms with Gasteiger partial charge in [-0.1, -0.05) is 55.8 Å². The molecule has 136 valence electrons. The Bertz CT molecular complexity index is 841. The summed E-state index contributed by atoms with van der Waals surface area (Å²) in [5, 5.41) is 4.21. The van der Waals surface area contributed by atoms with Crippen LogP contribution in [0.25, 0.3) is 10.2 Å². The van der Waals surface area contributed by atoms with Crippen LogP contribution in [-0.4, -0.2) is 16.9 Å². The zero-order valence-electron chi connectivity index (χ0n) is 15.7. The predicted molar refractivity (Wildman–Crippen MR) is 110 cm³/mol. The lowest BCUT2D eigenvalue weighted by Gasteiger charge is -2.30. The Morgan fingerprint density at radius 1 is 1.15 bits per heavy atom. The number of carbonyl (C=O) groups is 1. The lowest BCUT2D eigenvalue weighted by Crippen LogP contribution is -2.47. The highest BCUT2D eigenvalue weighted by Gasteiger charge is 2.37. The first kappa shape index (κ1) is 18.6. The molecule has 0 bridgehead atoms. The summed E-state index contributed by atoms with van der Waals surface area (Å²) in [6.45, 7) is 6.24. The zero-order valence-corrected chi connectivity index (χ0v) is 16.5. The molecule has 0 saturated heterocycles. The standard InChI is InChI=1S/C22H26N2OS/c1-4-10-16(2)23-21(25)22(3,17-11-6-5-7-12-17)15-20-24-18-13-8-9-14-19(18)26-20/h5-9,11-14,16H,4,10,15H2,1-3H3,(H,23,25). The van der Waals surface area contributed by atoms with Crippen LogP contribution in [0.15, 0.2) is 54.6 Å². The third kappa shape index (κ3) is 3.96. The van der Waals surface area contributed by atoms with E-state index in [9.17, 15) is 4.79 Å². The van der Waals surface area contributed by atoms with Crippen LogP contribution in [0.5, 0.6) is 0 Å². The number of rotatable bonds is 7. The molecule has 3 nitrogen and oxygen atoms in total. The molecule has 3 aromatic rings. The summed E-state index contributed by atoms with van der Waals surface area (Å²) in [5.74, 6) is 0.0731. The predicted octanol–water partition coefficient (Wildman–Crippen LogP) is 5.10. The fourth-order valence-corrected chi connectivity index (χ4v) is 4.43. The smallest absolute Gasteiger partial charge is 0.231 e. The molecule has 3 rings (SSSR count). The number of para-hydroxylation sites is 1. The molecule has 2 atom stereocenters. The molecule has 0 aliphatic heterocycles. The number of benzene rings is 2. The van der Waals surface area contributed by atoms with Gasteiger partial charge in [-0.25, -0.2) is 4.98 Å². The number of hydrogen-bond donors (Lipinski definition) is 1. The molecule has 2 unspecified atom stereocenters. The quantitative estimate of drug-likeness (QED) is 0.632. The third-order valence-electron chi connectivity index (χ3n) is 4.85. The topological polar surface area (TPSA) is 42.0 Å². The van der Waals surface area contributed by atoms with Crippen molar-refractivity contribution in [1.29, 1.82) is 0 Å². The van der Waals surface area contributed by atoms with Crippen molar-refractivity contribution in [2.24, 2.45) is 0 Å². The first-order chi connectivity index (χ1) is 12.5. The van der Waals surface area contributed by atoms with E-state index in [1.807, 2.05) is 55.5 Å². The van der Waals surface area contributed by atoms with Crippen LogP contribution in [-0.2, 0) is 16.6 Å². The number of fused-ring (bicyclic) bond motifs is 1. The second kappa shape index (κ2) is 8.00. The van der Waals surface area contributed by atoms with Crippen LogP contribution < -0.4 is 5.32 Å². The summed E-state index contributed by atoms with van der Waals surface area (Å²) >= 11 is 1.67. The van der Waals surface area contributed by atoms with E-state index in [1.54, 1.807) is 11.3 Å². The molecule has 0 fully saturated rings. The number of nitrogens with one attached hydrogen (secondary N) is 1. The fourth-order valence-electron chi connectivity index (χ4n) is 3.31. The average molecular weight is 367 g/mol. The molecule has 0 saturated carbocycles. The summed E-state index contributed by atoms with van der Waals surface area (Å²) in [6, 6.07) is 18.4. The normalized spacial score (nSPS) is 14.7. The number of hydrogen-bond acceptors (Lipinski definition) is 3. The van der Waals surface area contributed by atoms with E-state index in [0.717, 1.165) is 33.6 Å². The van der Waals surface area contributed by atoms with Crippen LogP contribution in [0.4, 0.5) is 0 Å². The highest BCUT2D eigenvalue weighted by molar-refractivity contribution is 7.18. The second-order valence-electron chi connectivity index (χ2n) is 7.11. The van der Waals surface area contributed by atoms with Crippen LogP contribution >= 0.6 is 11.3 Å². The molecule has 1 aromatic heterocycles. The molecule has 26 heavy (non-hydrogen) atoms. The Morgan fingerprint density at radius 3 is 2.54 bits per heavy atom. The van der Waals surface area contributed by atoms with Gasteiger partial charge in [-0.3, -0.25) is 4.79 Å². The molecule has 2 aromatic carbocycles. The van der Waals surface area contributed by atoms with Gasteiger partial charge in [0.05, 0.1) is 20.6 Å². The Labute approximate surface area is 159 Å². The number of amides is 1. The maximum Gasteiger partial charge on any atom is 0.231 e. The average Bonchev–Trinajstić information content (AvgIpc) is 3.04. The maximum atomic E-state index is 13.2. The van der Waals surface area contributed by atoms with E-state index in [1.165, 1.54) is 0 Å². The summed E-state index contributed by atoms with van der Waals surface area (Å²) in [7, 11) is 0. The number of nitrogens with zero attached hydrogens (tertiary/aromatic N) is 1. The molecule has 4 heteroatoms. The minimum atomic E-state index is -0.642. The van der Waals surface area contributed by atoms with E-state index in [2.05, 4.69) is 25.2 Å².